The normalized spacial score (nSPS) is 16.1. The first-order chi connectivity index (χ1) is 10.2. The lowest BCUT2D eigenvalue weighted by molar-refractivity contribution is 0.321. The van der Waals surface area contributed by atoms with Gasteiger partial charge in [-0.05, 0) is 43.6 Å². The van der Waals surface area contributed by atoms with E-state index in [-0.39, 0.29) is 0 Å². The predicted octanol–water partition coefficient (Wildman–Crippen LogP) is 3.05. The minimum absolute atomic E-state index is 0.389. The summed E-state index contributed by atoms with van der Waals surface area (Å²) in [5.74, 6) is 0. The van der Waals surface area contributed by atoms with E-state index in [1.165, 1.54) is 16.7 Å². The highest BCUT2D eigenvalue weighted by Gasteiger charge is 2.24. The fourth-order valence-electron chi connectivity index (χ4n) is 3.27. The van der Waals surface area contributed by atoms with Crippen LogP contribution in [0, 0.1) is 0 Å². The van der Waals surface area contributed by atoms with Crippen molar-refractivity contribution in [2.45, 2.75) is 24.9 Å². The van der Waals surface area contributed by atoms with Crippen molar-refractivity contribution in [3.8, 4) is 0 Å². The van der Waals surface area contributed by atoms with Crippen LogP contribution in [0.5, 0.6) is 0 Å². The van der Waals surface area contributed by atoms with Crippen LogP contribution < -0.4 is 5.32 Å². The van der Waals surface area contributed by atoms with Gasteiger partial charge in [0, 0.05) is 18.6 Å². The van der Waals surface area contributed by atoms with Crippen LogP contribution in [0.25, 0.3) is 0 Å². The molecule has 1 aliphatic carbocycles. The van der Waals surface area contributed by atoms with Crippen molar-refractivity contribution >= 4 is 0 Å². The van der Waals surface area contributed by atoms with Crippen molar-refractivity contribution in [2.75, 3.05) is 20.6 Å². The van der Waals surface area contributed by atoms with E-state index in [1.807, 2.05) is 0 Å². The summed E-state index contributed by atoms with van der Waals surface area (Å²) in [6.07, 6.45) is 2.29. The van der Waals surface area contributed by atoms with Gasteiger partial charge in [-0.2, -0.15) is 0 Å². The number of rotatable bonds is 5. The molecule has 3 rings (SSSR count). The SMILES string of the molecule is CN(C)CC(NC1Cc2ccccc2C1)c1ccccc1. The Balaban J connectivity index is 1.71. The van der Waals surface area contributed by atoms with Crippen LogP contribution in [0.3, 0.4) is 0 Å². The Labute approximate surface area is 127 Å². The number of nitrogens with one attached hydrogen (secondary N) is 1. The topological polar surface area (TPSA) is 15.3 Å². The standard InChI is InChI=1S/C19H24N2/c1-21(2)14-19(15-8-4-3-5-9-15)20-18-12-16-10-6-7-11-17(16)13-18/h3-11,18-20H,12-14H2,1-2H3. The molecule has 1 atom stereocenters. The van der Waals surface area contributed by atoms with Crippen LogP contribution in [-0.2, 0) is 12.8 Å². The Morgan fingerprint density at radius 1 is 0.952 bits per heavy atom. The van der Waals surface area contributed by atoms with Gasteiger partial charge in [0.05, 0.1) is 0 Å². The average Bonchev–Trinajstić information content (AvgIpc) is 2.89. The molecular formula is C19H24N2. The van der Waals surface area contributed by atoms with Crippen molar-refractivity contribution in [1.29, 1.82) is 0 Å². The van der Waals surface area contributed by atoms with E-state index in [9.17, 15) is 0 Å². The molecule has 2 heteroatoms. The molecule has 1 aliphatic rings. The lowest BCUT2D eigenvalue weighted by atomic mass is 10.0. The van der Waals surface area contributed by atoms with E-state index in [4.69, 9.17) is 0 Å². The molecule has 0 aromatic heterocycles. The first kappa shape index (κ1) is 14.3. The maximum absolute atomic E-state index is 3.87. The molecule has 0 spiro atoms. The van der Waals surface area contributed by atoms with E-state index >= 15 is 0 Å². The number of hydrogen-bond acceptors (Lipinski definition) is 2. The first-order valence-corrected chi connectivity index (χ1v) is 7.75. The highest BCUT2D eigenvalue weighted by molar-refractivity contribution is 5.33. The molecule has 0 heterocycles. The lowest BCUT2D eigenvalue weighted by Crippen LogP contribution is -2.38. The molecule has 1 unspecified atom stereocenters. The summed E-state index contributed by atoms with van der Waals surface area (Å²) in [5, 5.41) is 3.87. The van der Waals surface area contributed by atoms with Gasteiger partial charge in [-0.25, -0.2) is 0 Å². The van der Waals surface area contributed by atoms with E-state index in [1.54, 1.807) is 0 Å². The van der Waals surface area contributed by atoms with Crippen molar-refractivity contribution in [3.05, 3.63) is 71.3 Å². The Morgan fingerprint density at radius 2 is 1.52 bits per heavy atom. The molecule has 0 fully saturated rings. The third-order valence-electron chi connectivity index (χ3n) is 4.24. The zero-order chi connectivity index (χ0) is 14.7. The molecule has 0 aliphatic heterocycles. The molecule has 21 heavy (non-hydrogen) atoms. The molecule has 0 amide bonds. The van der Waals surface area contributed by atoms with Crippen LogP contribution in [0.4, 0.5) is 0 Å². The summed E-state index contributed by atoms with van der Waals surface area (Å²) >= 11 is 0. The maximum Gasteiger partial charge on any atom is 0.0451 e. The summed E-state index contributed by atoms with van der Waals surface area (Å²) in [6.45, 7) is 1.02. The second-order valence-corrected chi connectivity index (χ2v) is 6.27. The number of hydrogen-bond donors (Lipinski definition) is 1. The molecule has 1 N–H and O–H groups in total. The van der Waals surface area contributed by atoms with Crippen molar-refractivity contribution in [3.63, 3.8) is 0 Å². The van der Waals surface area contributed by atoms with Gasteiger partial charge in [-0.1, -0.05) is 54.6 Å². The van der Waals surface area contributed by atoms with E-state index in [0.717, 1.165) is 19.4 Å². The smallest absolute Gasteiger partial charge is 0.0451 e. The van der Waals surface area contributed by atoms with Gasteiger partial charge in [-0.3, -0.25) is 0 Å². The third kappa shape index (κ3) is 3.52. The number of likely N-dealkylation sites (N-methyl/N-ethyl adjacent to an activating group) is 1. The minimum Gasteiger partial charge on any atom is -0.308 e. The lowest BCUT2D eigenvalue weighted by Gasteiger charge is -2.26. The van der Waals surface area contributed by atoms with Crippen LogP contribution in [0.1, 0.15) is 22.7 Å². The van der Waals surface area contributed by atoms with E-state index in [2.05, 4.69) is 78.9 Å². The fourth-order valence-corrected chi connectivity index (χ4v) is 3.27. The van der Waals surface area contributed by atoms with Gasteiger partial charge in [-0.15, -0.1) is 0 Å². The Hall–Kier alpha value is -1.64. The first-order valence-electron chi connectivity index (χ1n) is 7.75. The van der Waals surface area contributed by atoms with Crippen LogP contribution in [0.2, 0.25) is 0 Å². The fraction of sp³-hybridized carbons (Fsp3) is 0.368. The minimum atomic E-state index is 0.389. The summed E-state index contributed by atoms with van der Waals surface area (Å²) in [5.41, 5.74) is 4.39. The molecule has 0 saturated heterocycles. The summed E-state index contributed by atoms with van der Waals surface area (Å²) in [4.78, 5) is 2.26. The number of fused-ring (bicyclic) bond motifs is 1. The zero-order valence-corrected chi connectivity index (χ0v) is 12.9. The summed E-state index contributed by atoms with van der Waals surface area (Å²) in [6, 6.07) is 20.6. The second kappa shape index (κ2) is 6.42. The Kier molecular flexibility index (Phi) is 4.37. The van der Waals surface area contributed by atoms with Gasteiger partial charge in [0.2, 0.25) is 0 Å². The highest BCUT2D eigenvalue weighted by atomic mass is 15.1. The van der Waals surface area contributed by atoms with Gasteiger partial charge in [0.15, 0.2) is 0 Å². The summed E-state index contributed by atoms with van der Waals surface area (Å²) in [7, 11) is 4.28. The molecule has 110 valence electrons. The highest BCUT2D eigenvalue weighted by Crippen LogP contribution is 2.24. The van der Waals surface area contributed by atoms with Crippen molar-refractivity contribution in [1.82, 2.24) is 10.2 Å². The van der Waals surface area contributed by atoms with Crippen LogP contribution in [0.15, 0.2) is 54.6 Å². The van der Waals surface area contributed by atoms with Gasteiger partial charge in [0.1, 0.15) is 0 Å². The number of nitrogens with zero attached hydrogens (tertiary/aromatic N) is 1. The monoisotopic (exact) mass is 280 g/mol. The predicted molar refractivity (Wildman–Crippen MR) is 88.5 cm³/mol. The van der Waals surface area contributed by atoms with E-state index < -0.39 is 0 Å². The summed E-state index contributed by atoms with van der Waals surface area (Å²) < 4.78 is 0. The third-order valence-corrected chi connectivity index (χ3v) is 4.24. The largest absolute Gasteiger partial charge is 0.308 e. The molecule has 2 aromatic carbocycles. The maximum atomic E-state index is 3.87. The molecule has 0 bridgehead atoms. The van der Waals surface area contributed by atoms with Crippen molar-refractivity contribution < 1.29 is 0 Å². The van der Waals surface area contributed by atoms with Crippen LogP contribution in [-0.4, -0.2) is 31.6 Å². The number of benzene rings is 2. The average molecular weight is 280 g/mol. The zero-order valence-electron chi connectivity index (χ0n) is 12.9. The van der Waals surface area contributed by atoms with Gasteiger partial charge < -0.3 is 10.2 Å². The molecule has 2 nitrogen and oxygen atoms in total. The van der Waals surface area contributed by atoms with E-state index in [0.29, 0.717) is 12.1 Å². The van der Waals surface area contributed by atoms with Crippen molar-refractivity contribution in [2.24, 2.45) is 0 Å². The molecule has 0 radical (unpaired) electrons. The quantitative estimate of drug-likeness (QED) is 0.905. The molecule has 0 saturated carbocycles. The van der Waals surface area contributed by atoms with Crippen LogP contribution >= 0.6 is 0 Å². The van der Waals surface area contributed by atoms with Gasteiger partial charge >= 0.3 is 0 Å². The van der Waals surface area contributed by atoms with Gasteiger partial charge in [0.25, 0.3) is 0 Å². The second-order valence-electron chi connectivity index (χ2n) is 6.27. The Morgan fingerprint density at radius 3 is 2.10 bits per heavy atom. The molecular weight excluding hydrogens is 256 g/mol. The molecule has 2 aromatic rings. The Bertz CT molecular complexity index is 552.